The van der Waals surface area contributed by atoms with E-state index in [1.54, 1.807) is 6.20 Å². The van der Waals surface area contributed by atoms with Crippen molar-refractivity contribution in [3.63, 3.8) is 0 Å². The predicted molar refractivity (Wildman–Crippen MR) is 190 cm³/mol. The normalized spacial score (nSPS) is 26.8. The first-order valence-electron chi connectivity index (χ1n) is 17.2. The molecule has 5 atom stereocenters. The van der Waals surface area contributed by atoms with E-state index >= 15 is 0 Å². The van der Waals surface area contributed by atoms with Crippen molar-refractivity contribution in [2.24, 2.45) is 5.92 Å². The summed E-state index contributed by atoms with van der Waals surface area (Å²) in [5, 5.41) is 6.21. The molecule has 1 aromatic carbocycles. The third-order valence-corrected chi connectivity index (χ3v) is 11.6. The molecule has 276 valence electrons. The lowest BCUT2D eigenvalue weighted by Crippen LogP contribution is -2.59. The van der Waals surface area contributed by atoms with Gasteiger partial charge in [-0.25, -0.2) is 18.2 Å². The van der Waals surface area contributed by atoms with Crippen molar-refractivity contribution in [2.75, 3.05) is 26.7 Å². The number of benzene rings is 1. The zero-order valence-electron chi connectivity index (χ0n) is 28.8. The molecule has 3 N–H and O–H groups in total. The third-order valence-electron chi connectivity index (χ3n) is 9.79. The second-order valence-corrected chi connectivity index (χ2v) is 15.5. The Morgan fingerprint density at radius 1 is 1.19 bits per heavy atom. The van der Waals surface area contributed by atoms with E-state index in [1.807, 2.05) is 36.4 Å². The van der Waals surface area contributed by atoms with Gasteiger partial charge >= 0.3 is 6.09 Å². The molecule has 4 bridgehead atoms. The maximum absolute atomic E-state index is 14.4. The number of carbonyl (C=O) groups is 5. The van der Waals surface area contributed by atoms with Gasteiger partial charge in [0.25, 0.3) is 5.91 Å². The van der Waals surface area contributed by atoms with Crippen LogP contribution in [0.5, 0.6) is 5.88 Å². The summed E-state index contributed by atoms with van der Waals surface area (Å²) in [5.74, 6) is -3.10. The quantitative estimate of drug-likeness (QED) is 0.253. The van der Waals surface area contributed by atoms with E-state index in [-0.39, 0.29) is 38.4 Å². The van der Waals surface area contributed by atoms with E-state index in [0.29, 0.717) is 31.1 Å². The molecule has 6 rings (SSSR count). The fourth-order valence-electron chi connectivity index (χ4n) is 6.58. The van der Waals surface area contributed by atoms with E-state index in [4.69, 9.17) is 9.47 Å². The lowest BCUT2D eigenvalue weighted by atomic mass is 10.1. The van der Waals surface area contributed by atoms with Gasteiger partial charge in [-0.05, 0) is 61.3 Å². The van der Waals surface area contributed by atoms with Gasteiger partial charge in [-0.2, -0.15) is 0 Å². The number of nitrogens with zero attached hydrogens (tertiary/aromatic N) is 3. The number of allylic oxidation sites excluding steroid dienone is 1. The van der Waals surface area contributed by atoms with Crippen LogP contribution in [0.15, 0.2) is 61.8 Å². The van der Waals surface area contributed by atoms with Crippen molar-refractivity contribution in [3.8, 4) is 5.88 Å². The topological polar surface area (TPSA) is 193 Å². The Balaban J connectivity index is 1.34. The zero-order valence-corrected chi connectivity index (χ0v) is 29.6. The summed E-state index contributed by atoms with van der Waals surface area (Å²) >= 11 is 0. The van der Waals surface area contributed by atoms with Crippen molar-refractivity contribution in [3.05, 3.63) is 67.4 Å². The Bertz CT molecular complexity index is 1950. The van der Waals surface area contributed by atoms with Gasteiger partial charge in [0.15, 0.2) is 0 Å². The number of likely N-dealkylation sites (N-methyl/N-ethyl adjacent to an activating group) is 1. The third kappa shape index (κ3) is 7.81. The van der Waals surface area contributed by atoms with Gasteiger partial charge in [0.1, 0.15) is 23.7 Å². The number of cyclic esters (lactones) is 1. The molecule has 3 fully saturated rings. The van der Waals surface area contributed by atoms with E-state index in [2.05, 4.69) is 33.5 Å². The number of alkyl carbamates (subject to hydrolysis) is 1. The second-order valence-electron chi connectivity index (χ2n) is 13.6. The number of aromatic nitrogens is 1. The lowest BCUT2D eigenvalue weighted by Gasteiger charge is -2.31. The molecular formula is C36H42N6O9S. The first kappa shape index (κ1) is 36.5. The van der Waals surface area contributed by atoms with Crippen LogP contribution in [0.4, 0.5) is 4.79 Å². The van der Waals surface area contributed by atoms with E-state index in [0.717, 1.165) is 17.0 Å². The van der Waals surface area contributed by atoms with Crippen LogP contribution in [0, 0.1) is 5.92 Å². The maximum atomic E-state index is 14.4. The van der Waals surface area contributed by atoms with Crippen LogP contribution in [0.3, 0.4) is 0 Å². The molecule has 5 amide bonds. The molecule has 0 unspecified atom stereocenters. The molecule has 3 heterocycles. The van der Waals surface area contributed by atoms with Crippen molar-refractivity contribution < 1.29 is 41.9 Å². The lowest BCUT2D eigenvalue weighted by molar-refractivity contribution is -0.141. The van der Waals surface area contributed by atoms with Crippen molar-refractivity contribution in [1.82, 2.24) is 30.1 Å². The molecule has 0 radical (unpaired) electrons. The molecule has 2 saturated carbocycles. The average molecular weight is 735 g/mol. The van der Waals surface area contributed by atoms with Gasteiger partial charge in [-0.15, -0.1) is 6.58 Å². The van der Waals surface area contributed by atoms with Gasteiger partial charge in [0.2, 0.25) is 33.6 Å². The molecule has 2 aliphatic heterocycles. The summed E-state index contributed by atoms with van der Waals surface area (Å²) in [4.78, 5) is 74.4. The molecule has 2 aliphatic carbocycles. The Labute approximate surface area is 301 Å². The molecule has 52 heavy (non-hydrogen) atoms. The summed E-state index contributed by atoms with van der Waals surface area (Å²) in [5.41, 5.74) is -0.708. The van der Waals surface area contributed by atoms with Crippen LogP contribution in [0.1, 0.15) is 44.1 Å². The number of amides is 5. The first-order valence-corrected chi connectivity index (χ1v) is 18.7. The highest BCUT2D eigenvalue weighted by Gasteiger charge is 2.62. The van der Waals surface area contributed by atoms with Gasteiger partial charge in [0.05, 0.1) is 24.9 Å². The van der Waals surface area contributed by atoms with Crippen LogP contribution in [0.25, 0.3) is 16.8 Å². The van der Waals surface area contributed by atoms with Crippen molar-refractivity contribution >= 4 is 56.6 Å². The van der Waals surface area contributed by atoms with Gasteiger partial charge in [-0.1, -0.05) is 36.9 Å². The van der Waals surface area contributed by atoms with Gasteiger partial charge in [-0.3, -0.25) is 23.9 Å². The van der Waals surface area contributed by atoms with Crippen LogP contribution in [-0.2, 0) is 33.9 Å². The average Bonchev–Trinajstić information content (AvgIpc) is 4.05. The zero-order chi connectivity index (χ0) is 37.2. The number of fused-ring (bicyclic) bond motifs is 3. The summed E-state index contributed by atoms with van der Waals surface area (Å²) in [6.45, 7) is 6.88. The highest BCUT2D eigenvalue weighted by Crippen LogP contribution is 2.45. The molecule has 16 heteroatoms. The summed E-state index contributed by atoms with van der Waals surface area (Å²) in [6.07, 6.45) is 8.41. The molecule has 1 saturated heterocycles. The number of carbonyl (C=O) groups excluding carboxylic acids is 5. The smallest absolute Gasteiger partial charge is 0.407 e. The number of sulfonamides is 1. The Hall–Kier alpha value is -5.25. The fraction of sp³-hybridized carbons (Fsp3) is 0.444. The molecule has 2 aromatic rings. The molecular weight excluding hydrogens is 692 g/mol. The second kappa shape index (κ2) is 14.8. The van der Waals surface area contributed by atoms with Crippen LogP contribution < -0.4 is 20.1 Å². The highest BCUT2D eigenvalue weighted by molar-refractivity contribution is 7.91. The first-order chi connectivity index (χ1) is 24.8. The standard InChI is InChI=1S/C36H42N6O9S/c1-4-24-19-36(24,34(46)40-52(48,49)26-12-13-26)39-31(44)29-18-25-20-42(29)33(45)28(21-41(3)30(43)5-2)38-35(47)50-16-8-6-7-9-22-10-11-23-14-15-37-32(51-25)27(23)17-22/h4-5,7,9-11,14-15,17,24-26,28-29H,1-2,6,8,12-13,16,18-21H2,3H3,(H,38,47)(H,39,44)(H,40,46)/b9-7+/t24-,25-,28+,29+,36-/m1/s1. The van der Waals surface area contributed by atoms with Crippen molar-refractivity contribution in [1.29, 1.82) is 0 Å². The largest absolute Gasteiger partial charge is 0.472 e. The number of hydrogen-bond donors (Lipinski definition) is 3. The number of hydrogen-bond acceptors (Lipinski definition) is 10. The predicted octanol–water partition coefficient (Wildman–Crippen LogP) is 1.80. The number of pyridine rings is 1. The van der Waals surface area contributed by atoms with Gasteiger partial charge in [0, 0.05) is 31.0 Å². The Kier molecular flexibility index (Phi) is 10.4. The summed E-state index contributed by atoms with van der Waals surface area (Å²) in [7, 11) is -2.49. The minimum absolute atomic E-state index is 0.0370. The summed E-state index contributed by atoms with van der Waals surface area (Å²) in [6, 6.07) is 5.06. The number of ether oxygens (including phenoxy) is 2. The highest BCUT2D eigenvalue weighted by atomic mass is 32.2. The number of nitrogens with one attached hydrogen (secondary N) is 3. The van der Waals surface area contributed by atoms with E-state index in [1.165, 1.54) is 22.9 Å². The monoisotopic (exact) mass is 734 g/mol. The molecule has 1 aromatic heterocycles. The summed E-state index contributed by atoms with van der Waals surface area (Å²) < 4.78 is 39.2. The van der Waals surface area contributed by atoms with Crippen LogP contribution in [0.2, 0.25) is 0 Å². The Morgan fingerprint density at radius 3 is 2.69 bits per heavy atom. The van der Waals surface area contributed by atoms with E-state index in [9.17, 15) is 32.4 Å². The minimum Gasteiger partial charge on any atom is -0.472 e. The number of rotatable bonds is 9. The molecule has 4 aliphatic rings. The minimum atomic E-state index is -3.93. The molecule has 0 spiro atoms. The fourth-order valence-corrected chi connectivity index (χ4v) is 7.95. The van der Waals surface area contributed by atoms with Crippen LogP contribution in [-0.4, -0.2) is 109 Å². The maximum Gasteiger partial charge on any atom is 0.407 e. The van der Waals surface area contributed by atoms with E-state index < -0.39 is 74.6 Å². The Morgan fingerprint density at radius 2 is 1.98 bits per heavy atom. The molecule has 15 nitrogen and oxygen atoms in total. The van der Waals surface area contributed by atoms with Crippen LogP contribution >= 0.6 is 0 Å². The van der Waals surface area contributed by atoms with Crippen molar-refractivity contribution in [2.45, 2.75) is 67.5 Å². The van der Waals surface area contributed by atoms with Gasteiger partial charge < -0.3 is 29.9 Å². The SMILES string of the molecule is C=CC(=O)N(C)C[C@@H]1NC(=O)OCCC/C=C/c2ccc3ccnc(c3c2)O[C@@H]2C[C@@H](C(=O)N[C@]3(C(=O)NS(=O)(=O)C4CC4)C[C@H]3C=C)N(C2)C1=O.